The summed E-state index contributed by atoms with van der Waals surface area (Å²) < 4.78 is 10.7. The third-order valence-corrected chi connectivity index (χ3v) is 3.62. The molecule has 0 amide bonds. The van der Waals surface area contributed by atoms with Crippen LogP contribution in [0.2, 0.25) is 0 Å². The van der Waals surface area contributed by atoms with Gasteiger partial charge in [0, 0.05) is 18.2 Å². The normalized spacial score (nSPS) is 13.2. The fourth-order valence-electron chi connectivity index (χ4n) is 2.37. The molecule has 0 spiro atoms. The van der Waals surface area contributed by atoms with Crippen LogP contribution in [0.15, 0.2) is 12.1 Å². The summed E-state index contributed by atoms with van der Waals surface area (Å²) in [6.45, 7) is 7.57. The number of benzene rings is 1. The molecule has 0 aromatic heterocycles. The molecule has 1 aliphatic rings. The van der Waals surface area contributed by atoms with Crippen molar-refractivity contribution in [1.29, 1.82) is 0 Å². The van der Waals surface area contributed by atoms with Crippen LogP contribution in [-0.2, 0) is 6.54 Å². The van der Waals surface area contributed by atoms with Gasteiger partial charge >= 0.3 is 0 Å². The zero-order valence-corrected chi connectivity index (χ0v) is 12.5. The van der Waals surface area contributed by atoms with E-state index in [1.54, 1.807) is 6.07 Å². The molecule has 0 fully saturated rings. The van der Waals surface area contributed by atoms with Gasteiger partial charge in [-0.15, -0.1) is 0 Å². The van der Waals surface area contributed by atoms with Crippen LogP contribution in [0.5, 0.6) is 17.2 Å². The van der Waals surface area contributed by atoms with E-state index in [0.29, 0.717) is 11.5 Å². The molecule has 0 bridgehead atoms. The fraction of sp³-hybridized carbons (Fsp3) is 0.625. The predicted molar refractivity (Wildman–Crippen MR) is 79.3 cm³/mol. The number of nitrogens with zero attached hydrogens (tertiary/aromatic N) is 1. The Kier molecular flexibility index (Phi) is 5.53. The molecule has 0 aliphatic carbocycles. The maximum atomic E-state index is 10.1. The summed E-state index contributed by atoms with van der Waals surface area (Å²) in [4.78, 5) is 2.41. The smallest absolute Gasteiger partial charge is 0.231 e. The van der Waals surface area contributed by atoms with E-state index in [1.807, 2.05) is 6.07 Å². The average molecular weight is 279 g/mol. The van der Waals surface area contributed by atoms with Crippen LogP contribution in [0.3, 0.4) is 0 Å². The van der Waals surface area contributed by atoms with Crippen LogP contribution in [0.1, 0.15) is 45.1 Å². The number of aromatic hydroxyl groups is 1. The van der Waals surface area contributed by atoms with Gasteiger partial charge < -0.3 is 14.6 Å². The van der Waals surface area contributed by atoms with Crippen molar-refractivity contribution < 1.29 is 14.6 Å². The number of ether oxygens (including phenoxy) is 2. The van der Waals surface area contributed by atoms with E-state index in [1.165, 1.54) is 25.7 Å². The Balaban J connectivity index is 2.05. The Morgan fingerprint density at radius 2 is 1.65 bits per heavy atom. The molecule has 0 unspecified atom stereocenters. The molecule has 0 radical (unpaired) electrons. The third kappa shape index (κ3) is 3.79. The maximum Gasteiger partial charge on any atom is 0.231 e. The van der Waals surface area contributed by atoms with Gasteiger partial charge in [0.2, 0.25) is 6.79 Å². The van der Waals surface area contributed by atoms with Crippen LogP contribution < -0.4 is 9.47 Å². The molecule has 1 heterocycles. The third-order valence-electron chi connectivity index (χ3n) is 3.62. The van der Waals surface area contributed by atoms with E-state index in [9.17, 15) is 5.11 Å². The van der Waals surface area contributed by atoms with Crippen LogP contribution >= 0.6 is 0 Å². The number of phenolic OH excluding ortho intramolecular Hbond substituents is 1. The molecule has 0 saturated carbocycles. The predicted octanol–water partition coefficient (Wildman–Crippen LogP) is 3.52. The van der Waals surface area contributed by atoms with Crippen molar-refractivity contribution in [3.05, 3.63) is 17.7 Å². The van der Waals surface area contributed by atoms with Crippen LogP contribution in [0.25, 0.3) is 0 Å². The van der Waals surface area contributed by atoms with E-state index in [2.05, 4.69) is 18.7 Å². The second kappa shape index (κ2) is 7.39. The van der Waals surface area contributed by atoms with Gasteiger partial charge in [0.25, 0.3) is 0 Å². The van der Waals surface area contributed by atoms with E-state index in [0.717, 1.165) is 30.9 Å². The van der Waals surface area contributed by atoms with Crippen LogP contribution in [-0.4, -0.2) is 29.9 Å². The molecule has 20 heavy (non-hydrogen) atoms. The first-order valence-corrected chi connectivity index (χ1v) is 7.58. The minimum absolute atomic E-state index is 0.244. The minimum atomic E-state index is 0.244. The lowest BCUT2D eigenvalue weighted by atomic mass is 10.1. The Labute approximate surface area is 121 Å². The second-order valence-corrected chi connectivity index (χ2v) is 5.32. The highest BCUT2D eigenvalue weighted by molar-refractivity contribution is 5.51. The lowest BCUT2D eigenvalue weighted by Crippen LogP contribution is -2.25. The van der Waals surface area contributed by atoms with Gasteiger partial charge in [0.05, 0.1) is 0 Å². The standard InChI is InChI=1S/C16H25NO3/c1-3-5-7-17(8-6-4-2)11-13-9-15-16(10-14(13)18)20-12-19-15/h9-10,18H,3-8,11-12H2,1-2H3. The summed E-state index contributed by atoms with van der Waals surface area (Å²) >= 11 is 0. The molecule has 1 aliphatic heterocycles. The SMILES string of the molecule is CCCCN(CCCC)Cc1cc2c(cc1O)OCO2. The van der Waals surface area contributed by atoms with Crippen molar-refractivity contribution in [3.8, 4) is 17.2 Å². The molecule has 112 valence electrons. The number of hydrogen-bond donors (Lipinski definition) is 1. The van der Waals surface area contributed by atoms with Crippen LogP contribution in [0.4, 0.5) is 0 Å². The summed E-state index contributed by atoms with van der Waals surface area (Å²) in [5.74, 6) is 1.68. The van der Waals surface area contributed by atoms with E-state index in [-0.39, 0.29) is 6.79 Å². The molecule has 1 aromatic carbocycles. The van der Waals surface area contributed by atoms with Gasteiger partial charge in [-0.3, -0.25) is 4.90 Å². The molecular weight excluding hydrogens is 254 g/mol. The molecule has 1 N–H and O–H groups in total. The molecule has 2 rings (SSSR count). The average Bonchev–Trinajstić information content (AvgIpc) is 2.89. The maximum absolute atomic E-state index is 10.1. The number of unbranched alkanes of at least 4 members (excludes halogenated alkanes) is 2. The number of rotatable bonds is 8. The van der Waals surface area contributed by atoms with Crippen molar-refractivity contribution >= 4 is 0 Å². The van der Waals surface area contributed by atoms with Gasteiger partial charge in [0.15, 0.2) is 11.5 Å². The van der Waals surface area contributed by atoms with Gasteiger partial charge in [-0.2, -0.15) is 0 Å². The number of hydrogen-bond acceptors (Lipinski definition) is 4. The number of phenols is 1. The summed E-state index contributed by atoms with van der Waals surface area (Å²) in [5, 5.41) is 10.1. The molecule has 0 saturated heterocycles. The van der Waals surface area contributed by atoms with E-state index < -0.39 is 0 Å². The van der Waals surface area contributed by atoms with Crippen molar-refractivity contribution in [2.75, 3.05) is 19.9 Å². The first kappa shape index (κ1) is 15.0. The van der Waals surface area contributed by atoms with Gasteiger partial charge in [-0.05, 0) is 32.0 Å². The van der Waals surface area contributed by atoms with Crippen molar-refractivity contribution in [2.24, 2.45) is 0 Å². The Morgan fingerprint density at radius 1 is 1.05 bits per heavy atom. The van der Waals surface area contributed by atoms with Crippen LogP contribution in [0, 0.1) is 0 Å². The Hall–Kier alpha value is -1.42. The summed E-state index contributed by atoms with van der Waals surface area (Å²) in [5.41, 5.74) is 0.918. The topological polar surface area (TPSA) is 41.9 Å². The largest absolute Gasteiger partial charge is 0.507 e. The lowest BCUT2D eigenvalue weighted by Gasteiger charge is -2.22. The summed E-state index contributed by atoms with van der Waals surface area (Å²) in [7, 11) is 0. The van der Waals surface area contributed by atoms with Crippen molar-refractivity contribution in [2.45, 2.75) is 46.1 Å². The first-order chi connectivity index (χ1) is 9.74. The lowest BCUT2D eigenvalue weighted by molar-refractivity contribution is 0.173. The highest BCUT2D eigenvalue weighted by Crippen LogP contribution is 2.38. The zero-order valence-electron chi connectivity index (χ0n) is 12.5. The zero-order chi connectivity index (χ0) is 14.4. The molecular formula is C16H25NO3. The summed E-state index contributed by atoms with van der Waals surface area (Å²) in [6, 6.07) is 3.57. The van der Waals surface area contributed by atoms with E-state index >= 15 is 0 Å². The molecule has 0 atom stereocenters. The van der Waals surface area contributed by atoms with Crippen molar-refractivity contribution in [1.82, 2.24) is 4.90 Å². The highest BCUT2D eigenvalue weighted by Gasteiger charge is 2.18. The monoisotopic (exact) mass is 279 g/mol. The number of fused-ring (bicyclic) bond motifs is 1. The Bertz CT molecular complexity index is 426. The van der Waals surface area contributed by atoms with E-state index in [4.69, 9.17) is 9.47 Å². The molecule has 1 aromatic rings. The van der Waals surface area contributed by atoms with Crippen molar-refractivity contribution in [3.63, 3.8) is 0 Å². The quantitative estimate of drug-likeness (QED) is 0.790. The van der Waals surface area contributed by atoms with Gasteiger partial charge in [0.1, 0.15) is 5.75 Å². The molecule has 4 nitrogen and oxygen atoms in total. The Morgan fingerprint density at radius 3 is 2.25 bits per heavy atom. The molecule has 4 heteroatoms. The fourth-order valence-corrected chi connectivity index (χ4v) is 2.37. The summed E-state index contributed by atoms with van der Waals surface area (Å²) in [6.07, 6.45) is 4.76. The first-order valence-electron chi connectivity index (χ1n) is 7.58. The van der Waals surface area contributed by atoms with Gasteiger partial charge in [-0.25, -0.2) is 0 Å². The van der Waals surface area contributed by atoms with Gasteiger partial charge in [-0.1, -0.05) is 26.7 Å². The minimum Gasteiger partial charge on any atom is -0.507 e. The second-order valence-electron chi connectivity index (χ2n) is 5.32. The highest BCUT2D eigenvalue weighted by atomic mass is 16.7.